The fourth-order valence-corrected chi connectivity index (χ4v) is 1.22. The topological polar surface area (TPSA) is 113 Å². The first-order chi connectivity index (χ1) is 8.56. The molecule has 1 fully saturated rings. The Morgan fingerprint density at radius 2 is 1.83 bits per heavy atom. The van der Waals surface area contributed by atoms with Gasteiger partial charge in [0.25, 0.3) is 0 Å². The largest absolute Gasteiger partial charge is 0.481 e. The van der Waals surface area contributed by atoms with E-state index in [1.807, 2.05) is 0 Å². The molecule has 18 heavy (non-hydrogen) atoms. The van der Waals surface area contributed by atoms with Crippen molar-refractivity contribution >= 4 is 11.9 Å². The maximum Gasteiger partial charge on any atom is 0.305 e. The van der Waals surface area contributed by atoms with Gasteiger partial charge in [-0.1, -0.05) is 0 Å². The van der Waals surface area contributed by atoms with E-state index in [4.69, 9.17) is 24.8 Å². The third-order valence-electron chi connectivity index (χ3n) is 2.08. The first kappa shape index (κ1) is 16.8. The summed E-state index contributed by atoms with van der Waals surface area (Å²) in [5, 5.41) is 23.9. The zero-order valence-corrected chi connectivity index (χ0v) is 10.2. The minimum atomic E-state index is -0.961. The molecule has 7 heteroatoms. The van der Waals surface area contributed by atoms with E-state index in [1.165, 1.54) is 0 Å². The third kappa shape index (κ3) is 11.3. The molecule has 1 saturated heterocycles. The van der Waals surface area contributed by atoms with Crippen molar-refractivity contribution in [3.63, 3.8) is 0 Å². The number of hydrogen-bond acceptors (Lipinski definition) is 5. The monoisotopic (exact) mass is 264 g/mol. The quantitative estimate of drug-likeness (QED) is 0.638. The molecular formula is C11H20O7. The highest BCUT2D eigenvalue weighted by atomic mass is 16.7. The molecular weight excluding hydrogens is 244 g/mol. The van der Waals surface area contributed by atoms with Gasteiger partial charge in [0.05, 0.1) is 26.1 Å². The molecule has 0 saturated carbocycles. The summed E-state index contributed by atoms with van der Waals surface area (Å²) in [7, 11) is 0. The smallest absolute Gasteiger partial charge is 0.305 e. The summed E-state index contributed by atoms with van der Waals surface area (Å²) < 4.78 is 10.4. The lowest BCUT2D eigenvalue weighted by Gasteiger charge is -2.22. The lowest BCUT2D eigenvalue weighted by molar-refractivity contribution is -0.167. The van der Waals surface area contributed by atoms with Gasteiger partial charge in [-0.2, -0.15) is 0 Å². The molecule has 7 nitrogen and oxygen atoms in total. The first-order valence-electron chi connectivity index (χ1n) is 5.84. The molecule has 1 unspecified atom stereocenters. The number of aliphatic carboxylic acids is 2. The molecule has 0 bridgehead atoms. The number of carbonyl (C=O) groups is 2. The van der Waals surface area contributed by atoms with Gasteiger partial charge in [-0.05, 0) is 19.3 Å². The standard InChI is InChI=1S/C8H14O4.C3H6O3/c9-7(10)4-6-12-8-3-1-2-5-11-8;4-2-1-3(5)6/h8H,1-6H2,(H,9,10);4H,1-2H2,(H,5,6). The van der Waals surface area contributed by atoms with Crippen LogP contribution in [-0.4, -0.2) is 53.4 Å². The molecule has 0 aromatic carbocycles. The van der Waals surface area contributed by atoms with E-state index in [-0.39, 0.29) is 32.3 Å². The fraction of sp³-hybridized carbons (Fsp3) is 0.818. The van der Waals surface area contributed by atoms with Crippen molar-refractivity contribution in [2.75, 3.05) is 19.8 Å². The van der Waals surface area contributed by atoms with Crippen molar-refractivity contribution in [2.24, 2.45) is 0 Å². The van der Waals surface area contributed by atoms with Crippen molar-refractivity contribution in [1.82, 2.24) is 0 Å². The van der Waals surface area contributed by atoms with Crippen LogP contribution in [0, 0.1) is 0 Å². The van der Waals surface area contributed by atoms with Crippen molar-refractivity contribution in [1.29, 1.82) is 0 Å². The average molecular weight is 264 g/mol. The Morgan fingerprint density at radius 3 is 2.22 bits per heavy atom. The van der Waals surface area contributed by atoms with Crippen LogP contribution in [0.3, 0.4) is 0 Å². The Labute approximate surface area is 105 Å². The van der Waals surface area contributed by atoms with Crippen LogP contribution in [0.1, 0.15) is 32.1 Å². The van der Waals surface area contributed by atoms with E-state index in [2.05, 4.69) is 0 Å². The summed E-state index contributed by atoms with van der Waals surface area (Å²) in [6.45, 7) is 0.715. The van der Waals surface area contributed by atoms with Crippen LogP contribution < -0.4 is 0 Å². The van der Waals surface area contributed by atoms with Crippen molar-refractivity contribution in [3.05, 3.63) is 0 Å². The highest BCUT2D eigenvalue weighted by molar-refractivity contribution is 5.66. The third-order valence-corrected chi connectivity index (χ3v) is 2.08. The van der Waals surface area contributed by atoms with Crippen LogP contribution in [0.25, 0.3) is 0 Å². The Balaban J connectivity index is 0.000000411. The lowest BCUT2D eigenvalue weighted by Crippen LogP contribution is -2.23. The van der Waals surface area contributed by atoms with Crippen LogP contribution in [0.5, 0.6) is 0 Å². The van der Waals surface area contributed by atoms with Gasteiger partial charge in [-0.3, -0.25) is 9.59 Å². The van der Waals surface area contributed by atoms with Crippen LogP contribution in [0.15, 0.2) is 0 Å². The predicted octanol–water partition coefficient (Wildman–Crippen LogP) is 0.458. The SMILES string of the molecule is O=C(O)CCO.O=C(O)CCOC1CCCCO1. The Hall–Kier alpha value is -1.18. The van der Waals surface area contributed by atoms with Gasteiger partial charge in [-0.15, -0.1) is 0 Å². The highest BCUT2D eigenvalue weighted by Crippen LogP contribution is 2.13. The van der Waals surface area contributed by atoms with E-state index in [1.54, 1.807) is 0 Å². The van der Waals surface area contributed by atoms with Crippen LogP contribution in [0.4, 0.5) is 0 Å². The number of hydrogen-bond donors (Lipinski definition) is 3. The van der Waals surface area contributed by atoms with Gasteiger partial charge in [0.2, 0.25) is 0 Å². The van der Waals surface area contributed by atoms with E-state index in [0.29, 0.717) is 0 Å². The van der Waals surface area contributed by atoms with Gasteiger partial charge in [0, 0.05) is 6.61 Å². The molecule has 3 N–H and O–H groups in total. The van der Waals surface area contributed by atoms with Gasteiger partial charge in [0.15, 0.2) is 6.29 Å². The summed E-state index contributed by atoms with van der Waals surface area (Å²) in [4.78, 5) is 19.6. The number of aliphatic hydroxyl groups excluding tert-OH is 1. The number of carboxylic acids is 2. The minimum absolute atomic E-state index is 0.0554. The molecule has 0 spiro atoms. The van der Waals surface area contributed by atoms with E-state index in [9.17, 15) is 9.59 Å². The number of carboxylic acid groups (broad SMARTS) is 2. The molecule has 1 aliphatic rings. The van der Waals surface area contributed by atoms with Gasteiger partial charge < -0.3 is 24.8 Å². The molecule has 1 aliphatic heterocycles. The molecule has 1 heterocycles. The molecule has 0 aromatic heterocycles. The summed E-state index contributed by atoms with van der Waals surface area (Å²) in [6, 6.07) is 0. The second-order valence-electron chi connectivity index (χ2n) is 3.68. The molecule has 106 valence electrons. The van der Waals surface area contributed by atoms with Crippen LogP contribution in [-0.2, 0) is 19.1 Å². The normalized spacial score (nSPS) is 18.6. The second kappa shape index (κ2) is 10.9. The maximum absolute atomic E-state index is 10.1. The molecule has 1 rings (SSSR count). The maximum atomic E-state index is 10.1. The van der Waals surface area contributed by atoms with Crippen molar-refractivity contribution in [3.8, 4) is 0 Å². The number of ether oxygens (including phenoxy) is 2. The molecule has 0 amide bonds. The zero-order chi connectivity index (χ0) is 13.8. The Bertz CT molecular complexity index is 236. The van der Waals surface area contributed by atoms with E-state index >= 15 is 0 Å². The first-order valence-corrected chi connectivity index (χ1v) is 5.84. The summed E-state index contributed by atoms with van der Waals surface area (Å²) >= 11 is 0. The predicted molar refractivity (Wildman–Crippen MR) is 61.1 cm³/mol. The second-order valence-corrected chi connectivity index (χ2v) is 3.68. The number of aliphatic hydroxyl groups is 1. The summed E-state index contributed by atoms with van der Waals surface area (Å²) in [6.07, 6.45) is 2.81. The fourth-order valence-electron chi connectivity index (χ4n) is 1.22. The summed E-state index contributed by atoms with van der Waals surface area (Å²) in [5.41, 5.74) is 0. The van der Waals surface area contributed by atoms with Gasteiger partial charge in [0.1, 0.15) is 0 Å². The van der Waals surface area contributed by atoms with Crippen LogP contribution in [0.2, 0.25) is 0 Å². The highest BCUT2D eigenvalue weighted by Gasteiger charge is 2.13. The molecule has 0 aromatic rings. The number of rotatable bonds is 6. The van der Waals surface area contributed by atoms with Gasteiger partial charge in [-0.25, -0.2) is 0 Å². The lowest BCUT2D eigenvalue weighted by atomic mass is 10.2. The summed E-state index contributed by atoms with van der Waals surface area (Å²) in [5.74, 6) is -1.79. The van der Waals surface area contributed by atoms with E-state index < -0.39 is 11.9 Å². The van der Waals surface area contributed by atoms with Crippen LogP contribution >= 0.6 is 0 Å². The van der Waals surface area contributed by atoms with Gasteiger partial charge >= 0.3 is 11.9 Å². The van der Waals surface area contributed by atoms with Crippen molar-refractivity contribution < 1.29 is 34.4 Å². The minimum Gasteiger partial charge on any atom is -0.481 e. The zero-order valence-electron chi connectivity index (χ0n) is 10.2. The Morgan fingerprint density at radius 1 is 1.17 bits per heavy atom. The Kier molecular flexibility index (Phi) is 10.2. The molecule has 1 atom stereocenters. The molecule has 0 aliphatic carbocycles. The van der Waals surface area contributed by atoms with Crippen molar-refractivity contribution in [2.45, 2.75) is 38.4 Å². The van der Waals surface area contributed by atoms with E-state index in [0.717, 1.165) is 25.9 Å². The molecule has 0 radical (unpaired) electrons. The average Bonchev–Trinajstić information content (AvgIpc) is 2.30.